The van der Waals surface area contributed by atoms with Gasteiger partial charge in [-0.3, -0.25) is 4.79 Å². The van der Waals surface area contributed by atoms with Gasteiger partial charge in [0.05, 0.1) is 17.6 Å². The zero-order valence-corrected chi connectivity index (χ0v) is 20.7. The fourth-order valence-electron chi connectivity index (χ4n) is 6.55. The van der Waals surface area contributed by atoms with E-state index in [4.69, 9.17) is 17.0 Å². The van der Waals surface area contributed by atoms with Crippen LogP contribution in [0.4, 0.5) is 5.00 Å². The largest absolute Gasteiger partial charge is 0.465 e. The second-order valence-electron chi connectivity index (χ2n) is 10.1. The Balaban J connectivity index is 1.51. The van der Waals surface area contributed by atoms with Gasteiger partial charge in [-0.1, -0.05) is 0 Å². The number of thiocarbonyl (C=S) groups is 1. The van der Waals surface area contributed by atoms with Gasteiger partial charge in [0.2, 0.25) is 0 Å². The highest BCUT2D eigenvalue weighted by molar-refractivity contribution is 7.80. The first-order chi connectivity index (χ1) is 14.6. The molecule has 2 N–H and O–H groups in total. The minimum absolute atomic E-state index is 0.137. The molecular formula is C23H33N3O3S2. The van der Waals surface area contributed by atoms with Crippen LogP contribution in [-0.4, -0.2) is 49.1 Å². The van der Waals surface area contributed by atoms with Gasteiger partial charge < -0.3 is 20.3 Å². The van der Waals surface area contributed by atoms with Crippen molar-refractivity contribution in [2.75, 3.05) is 26.5 Å². The summed E-state index contributed by atoms with van der Waals surface area (Å²) in [7, 11) is 4.75. The Labute approximate surface area is 194 Å². The second kappa shape index (κ2) is 8.35. The van der Waals surface area contributed by atoms with Crippen molar-refractivity contribution in [2.24, 2.45) is 23.2 Å². The molecule has 0 radical (unpaired) electrons. The number of hydrogen-bond donors (Lipinski definition) is 2. The van der Waals surface area contributed by atoms with Crippen LogP contribution in [0.1, 0.15) is 71.0 Å². The number of nitrogens with one attached hydrogen (secondary N) is 2. The number of nitrogens with zero attached hydrogens (tertiary/aromatic N) is 1. The molecule has 1 aromatic rings. The number of carbonyl (C=O) groups is 2. The predicted molar refractivity (Wildman–Crippen MR) is 128 cm³/mol. The van der Waals surface area contributed by atoms with E-state index in [0.29, 0.717) is 31.5 Å². The topological polar surface area (TPSA) is 70.7 Å². The third-order valence-electron chi connectivity index (χ3n) is 7.72. The number of hydrogen-bond acceptors (Lipinski definition) is 5. The lowest BCUT2D eigenvalue weighted by Crippen LogP contribution is -2.56. The van der Waals surface area contributed by atoms with Crippen molar-refractivity contribution >= 4 is 45.5 Å². The molecule has 31 heavy (non-hydrogen) atoms. The lowest BCUT2D eigenvalue weighted by atomic mass is 9.48. The van der Waals surface area contributed by atoms with Gasteiger partial charge in [-0.15, -0.1) is 11.3 Å². The lowest BCUT2D eigenvalue weighted by Gasteiger charge is -2.59. The number of rotatable bonds is 5. The van der Waals surface area contributed by atoms with Gasteiger partial charge in [-0.2, -0.15) is 0 Å². The minimum Gasteiger partial charge on any atom is -0.465 e. The fraction of sp³-hybridized carbons (Fsp3) is 0.696. The molecule has 0 aliphatic heterocycles. The number of ether oxygens (including phenoxy) is 1. The summed E-state index contributed by atoms with van der Waals surface area (Å²) in [6.45, 7) is 4.03. The van der Waals surface area contributed by atoms with Crippen LogP contribution in [0.25, 0.3) is 0 Å². The second-order valence-corrected chi connectivity index (χ2v) is 11.5. The van der Waals surface area contributed by atoms with Crippen molar-refractivity contribution in [3.8, 4) is 0 Å². The molecule has 1 atom stereocenters. The Hall–Kier alpha value is -1.67. The van der Waals surface area contributed by atoms with Crippen LogP contribution in [0.5, 0.6) is 0 Å². The van der Waals surface area contributed by atoms with Gasteiger partial charge in [0.15, 0.2) is 5.11 Å². The SMILES string of the molecule is COC(=O)c1c(NC(=S)NC(C)C23CC4CC(CC(C4)C2)C3)sc(C(=O)N(C)C)c1C. The van der Waals surface area contributed by atoms with Crippen molar-refractivity contribution < 1.29 is 14.3 Å². The van der Waals surface area contributed by atoms with Crippen LogP contribution in [0, 0.1) is 30.1 Å². The van der Waals surface area contributed by atoms with Crippen LogP contribution in [0.15, 0.2) is 0 Å². The molecule has 5 rings (SSSR count). The summed E-state index contributed by atoms with van der Waals surface area (Å²) >= 11 is 6.91. The van der Waals surface area contributed by atoms with Gasteiger partial charge in [-0.05, 0) is 93.3 Å². The van der Waals surface area contributed by atoms with Gasteiger partial charge in [0.25, 0.3) is 5.91 Å². The van der Waals surface area contributed by atoms with Crippen molar-refractivity contribution in [1.29, 1.82) is 0 Å². The molecule has 0 aromatic carbocycles. The van der Waals surface area contributed by atoms with E-state index in [1.807, 2.05) is 0 Å². The zero-order chi connectivity index (χ0) is 22.5. The Morgan fingerprint density at radius 2 is 1.71 bits per heavy atom. The Kier molecular flexibility index (Phi) is 6.07. The summed E-state index contributed by atoms with van der Waals surface area (Å²) in [5, 5.41) is 7.80. The summed E-state index contributed by atoms with van der Waals surface area (Å²) in [5.74, 6) is 2.03. The number of amides is 1. The van der Waals surface area contributed by atoms with E-state index in [1.165, 1.54) is 61.9 Å². The average Bonchev–Trinajstić information content (AvgIpc) is 3.01. The van der Waals surface area contributed by atoms with Crippen molar-refractivity contribution in [2.45, 2.75) is 58.4 Å². The van der Waals surface area contributed by atoms with E-state index < -0.39 is 5.97 Å². The third kappa shape index (κ3) is 4.09. The molecule has 8 heteroatoms. The smallest absolute Gasteiger partial charge is 0.341 e. The van der Waals surface area contributed by atoms with Crippen molar-refractivity contribution in [1.82, 2.24) is 10.2 Å². The third-order valence-corrected chi connectivity index (χ3v) is 9.13. The minimum atomic E-state index is -0.467. The van der Waals surface area contributed by atoms with E-state index in [1.54, 1.807) is 21.0 Å². The first kappa shape index (κ1) is 22.5. The monoisotopic (exact) mass is 463 g/mol. The standard InChI is InChI=1S/C23H33N3O3S2/c1-12-17(21(28)29-5)19(31-18(12)20(27)26(3)4)25-22(30)24-13(2)23-9-14-6-15(10-23)8-16(7-14)11-23/h13-16H,6-11H2,1-5H3,(H2,24,25,30). The maximum Gasteiger partial charge on any atom is 0.341 e. The summed E-state index contributed by atoms with van der Waals surface area (Å²) in [5.41, 5.74) is 1.32. The Morgan fingerprint density at radius 3 is 2.19 bits per heavy atom. The van der Waals surface area contributed by atoms with Crippen LogP contribution >= 0.6 is 23.6 Å². The molecule has 4 aliphatic carbocycles. The molecule has 4 bridgehead atoms. The number of carbonyl (C=O) groups excluding carboxylic acids is 2. The summed E-state index contributed by atoms with van der Waals surface area (Å²) in [4.78, 5) is 27.1. The maximum atomic E-state index is 12.6. The van der Waals surface area contributed by atoms with Crippen LogP contribution in [0.2, 0.25) is 0 Å². The van der Waals surface area contributed by atoms with Gasteiger partial charge in [0, 0.05) is 20.1 Å². The number of anilines is 1. The molecule has 0 spiro atoms. The molecule has 1 amide bonds. The molecule has 1 aromatic heterocycles. The number of esters is 1. The normalized spacial score (nSPS) is 29.4. The first-order valence-electron chi connectivity index (χ1n) is 11.1. The fourth-order valence-corrected chi connectivity index (χ4v) is 8.12. The number of thiophene rings is 1. The van der Waals surface area contributed by atoms with E-state index in [2.05, 4.69) is 17.6 Å². The highest BCUT2D eigenvalue weighted by atomic mass is 32.1. The zero-order valence-electron chi connectivity index (χ0n) is 19.0. The first-order valence-corrected chi connectivity index (χ1v) is 12.4. The average molecular weight is 464 g/mol. The Bertz CT molecular complexity index is 873. The molecule has 6 nitrogen and oxygen atoms in total. The highest BCUT2D eigenvalue weighted by Crippen LogP contribution is 2.61. The van der Waals surface area contributed by atoms with Gasteiger partial charge >= 0.3 is 5.97 Å². The van der Waals surface area contributed by atoms with E-state index in [0.717, 1.165) is 17.8 Å². The van der Waals surface area contributed by atoms with Crippen molar-refractivity contribution in [3.63, 3.8) is 0 Å². The highest BCUT2D eigenvalue weighted by Gasteiger charge is 2.53. The predicted octanol–water partition coefficient (Wildman–Crippen LogP) is 4.44. The van der Waals surface area contributed by atoms with E-state index >= 15 is 0 Å². The van der Waals surface area contributed by atoms with Gasteiger partial charge in [-0.25, -0.2) is 4.79 Å². The summed E-state index contributed by atoms with van der Waals surface area (Å²) in [6.07, 6.45) is 8.12. The molecule has 0 saturated heterocycles. The van der Waals surface area contributed by atoms with Crippen LogP contribution < -0.4 is 10.6 Å². The van der Waals surface area contributed by atoms with E-state index in [9.17, 15) is 9.59 Å². The Morgan fingerprint density at radius 1 is 1.16 bits per heavy atom. The quantitative estimate of drug-likeness (QED) is 0.497. The molecular weight excluding hydrogens is 430 g/mol. The molecule has 4 aliphatic rings. The van der Waals surface area contributed by atoms with Crippen molar-refractivity contribution in [3.05, 3.63) is 16.0 Å². The molecule has 1 heterocycles. The number of methoxy groups -OCH3 is 1. The van der Waals surface area contributed by atoms with Gasteiger partial charge in [0.1, 0.15) is 5.00 Å². The van der Waals surface area contributed by atoms with Crippen LogP contribution in [0.3, 0.4) is 0 Å². The van der Waals surface area contributed by atoms with Crippen LogP contribution in [-0.2, 0) is 4.74 Å². The molecule has 1 unspecified atom stereocenters. The molecule has 170 valence electrons. The maximum absolute atomic E-state index is 12.6. The summed E-state index contributed by atoms with van der Waals surface area (Å²) in [6, 6.07) is 0.270. The molecule has 4 fully saturated rings. The molecule has 4 saturated carbocycles. The van der Waals surface area contributed by atoms with E-state index in [-0.39, 0.29) is 11.9 Å². The lowest BCUT2D eigenvalue weighted by molar-refractivity contribution is -0.0671. The summed E-state index contributed by atoms with van der Waals surface area (Å²) < 4.78 is 4.98.